The fourth-order valence-electron chi connectivity index (χ4n) is 2.75. The fourth-order valence-corrected chi connectivity index (χ4v) is 2.75. The molecule has 1 aliphatic rings. The summed E-state index contributed by atoms with van der Waals surface area (Å²) in [5, 5.41) is 6.02. The molecule has 2 aromatic heterocycles. The maximum atomic E-state index is 11.7. The van der Waals surface area contributed by atoms with Gasteiger partial charge < -0.3 is 15.5 Å². The molecule has 8 heteroatoms. The molecule has 0 saturated carbocycles. The van der Waals surface area contributed by atoms with Crippen LogP contribution in [0.3, 0.4) is 0 Å². The second-order valence-corrected chi connectivity index (χ2v) is 5.34. The van der Waals surface area contributed by atoms with Gasteiger partial charge in [0.1, 0.15) is 18.0 Å². The zero-order valence-corrected chi connectivity index (χ0v) is 13.2. The molecule has 0 aromatic carbocycles. The predicted molar refractivity (Wildman–Crippen MR) is 86.3 cm³/mol. The number of carbonyl (C=O) groups is 1. The van der Waals surface area contributed by atoms with E-state index in [9.17, 15) is 4.79 Å². The first kappa shape index (κ1) is 15.1. The van der Waals surface area contributed by atoms with E-state index in [0.29, 0.717) is 17.6 Å². The second-order valence-electron chi connectivity index (χ2n) is 5.34. The van der Waals surface area contributed by atoms with Gasteiger partial charge in [0.2, 0.25) is 11.9 Å². The van der Waals surface area contributed by atoms with Crippen molar-refractivity contribution in [2.45, 2.75) is 25.8 Å². The Labute approximate surface area is 134 Å². The molecule has 3 heterocycles. The van der Waals surface area contributed by atoms with E-state index >= 15 is 0 Å². The summed E-state index contributed by atoms with van der Waals surface area (Å²) in [6.07, 6.45) is 5.08. The summed E-state index contributed by atoms with van der Waals surface area (Å²) in [4.78, 5) is 30.6. The summed E-state index contributed by atoms with van der Waals surface area (Å²) >= 11 is 0. The molecule has 0 spiro atoms. The Morgan fingerprint density at radius 2 is 2.13 bits per heavy atom. The van der Waals surface area contributed by atoms with Crippen LogP contribution in [-0.2, 0) is 4.79 Å². The summed E-state index contributed by atoms with van der Waals surface area (Å²) in [6.45, 7) is 2.38. The number of hydrogen-bond acceptors (Lipinski definition) is 7. The summed E-state index contributed by atoms with van der Waals surface area (Å²) in [6, 6.07) is 3.65. The smallest absolute Gasteiger partial charge is 0.228 e. The van der Waals surface area contributed by atoms with E-state index in [4.69, 9.17) is 0 Å². The molecule has 8 nitrogen and oxygen atoms in total. The highest BCUT2D eigenvalue weighted by Gasteiger charge is 2.29. The zero-order chi connectivity index (χ0) is 16.2. The average molecular weight is 313 g/mol. The van der Waals surface area contributed by atoms with Crippen molar-refractivity contribution in [3.05, 3.63) is 30.4 Å². The Morgan fingerprint density at radius 1 is 1.30 bits per heavy atom. The molecule has 120 valence electrons. The first-order chi connectivity index (χ1) is 11.2. The minimum Gasteiger partial charge on any atom is -0.373 e. The molecule has 0 radical (unpaired) electrons. The largest absolute Gasteiger partial charge is 0.373 e. The fraction of sp³-hybridized carbons (Fsp3) is 0.400. The van der Waals surface area contributed by atoms with Crippen LogP contribution in [0.5, 0.6) is 0 Å². The predicted octanol–water partition coefficient (Wildman–Crippen LogP) is 1.74. The summed E-state index contributed by atoms with van der Waals surface area (Å²) in [5.74, 6) is 1.85. The quantitative estimate of drug-likeness (QED) is 0.887. The van der Waals surface area contributed by atoms with Crippen molar-refractivity contribution >= 4 is 23.5 Å². The molecule has 0 unspecified atom stereocenters. The average Bonchev–Trinajstić information content (AvgIpc) is 3.05. The summed E-state index contributed by atoms with van der Waals surface area (Å²) in [7, 11) is 1.79. The van der Waals surface area contributed by atoms with E-state index in [2.05, 4.69) is 30.6 Å². The van der Waals surface area contributed by atoms with Crippen LogP contribution in [-0.4, -0.2) is 44.3 Å². The number of rotatable bonds is 4. The Balaban J connectivity index is 1.81. The van der Waals surface area contributed by atoms with Crippen LogP contribution < -0.4 is 10.6 Å². The maximum absolute atomic E-state index is 11.7. The molecule has 1 saturated heterocycles. The van der Waals surface area contributed by atoms with E-state index in [-0.39, 0.29) is 11.9 Å². The van der Waals surface area contributed by atoms with Crippen LogP contribution in [0.25, 0.3) is 0 Å². The number of carbonyl (C=O) groups excluding carboxylic acids is 1. The van der Waals surface area contributed by atoms with Crippen LogP contribution >= 0.6 is 0 Å². The van der Waals surface area contributed by atoms with Crippen LogP contribution in [0, 0.1) is 0 Å². The van der Waals surface area contributed by atoms with Gasteiger partial charge >= 0.3 is 0 Å². The Bertz CT molecular complexity index is 706. The molecule has 3 rings (SSSR count). The molecule has 2 N–H and O–H groups in total. The van der Waals surface area contributed by atoms with Gasteiger partial charge in [0, 0.05) is 32.8 Å². The van der Waals surface area contributed by atoms with Gasteiger partial charge in [0.15, 0.2) is 0 Å². The van der Waals surface area contributed by atoms with E-state index in [1.165, 1.54) is 6.33 Å². The maximum Gasteiger partial charge on any atom is 0.228 e. The van der Waals surface area contributed by atoms with Crippen LogP contribution in [0.4, 0.5) is 17.6 Å². The van der Waals surface area contributed by atoms with Gasteiger partial charge in [0.25, 0.3) is 0 Å². The molecule has 1 atom stereocenters. The van der Waals surface area contributed by atoms with Gasteiger partial charge in [-0.2, -0.15) is 0 Å². The van der Waals surface area contributed by atoms with Gasteiger partial charge in [-0.25, -0.2) is 19.9 Å². The minimum atomic E-state index is 0.0225. The number of nitrogens with zero attached hydrogens (tertiary/aromatic N) is 5. The van der Waals surface area contributed by atoms with Crippen LogP contribution in [0.15, 0.2) is 24.7 Å². The van der Waals surface area contributed by atoms with Crippen molar-refractivity contribution < 1.29 is 4.79 Å². The first-order valence-electron chi connectivity index (χ1n) is 7.54. The highest BCUT2D eigenvalue weighted by molar-refractivity contribution is 5.74. The number of hydrogen-bond donors (Lipinski definition) is 2. The normalized spacial score (nSPS) is 17.1. The monoisotopic (exact) mass is 313 g/mol. The third kappa shape index (κ3) is 3.36. The van der Waals surface area contributed by atoms with Crippen molar-refractivity contribution in [2.24, 2.45) is 0 Å². The molecule has 0 bridgehead atoms. The summed E-state index contributed by atoms with van der Waals surface area (Å²) < 4.78 is 0. The minimum absolute atomic E-state index is 0.0225. The number of likely N-dealkylation sites (tertiary alicyclic amines) is 1. The highest BCUT2D eigenvalue weighted by Crippen LogP contribution is 2.31. The Hall–Kier alpha value is -2.77. The van der Waals surface area contributed by atoms with E-state index in [1.54, 1.807) is 26.2 Å². The lowest BCUT2D eigenvalue weighted by atomic mass is 10.1. The standard InChI is InChI=1S/C15H19N7O/c1-10(23)22-7-3-4-12(22)11-5-6-17-15(20-11)21-14-8-13(16-2)18-9-19-14/h5-6,8-9,12H,3-4,7H2,1-2H3,(H2,16,17,18,19,20,21)/t12-/m0/s1. The lowest BCUT2D eigenvalue weighted by Crippen LogP contribution is -2.28. The number of aromatic nitrogens is 4. The van der Waals surface area contributed by atoms with Gasteiger partial charge in [-0.1, -0.05) is 0 Å². The molecular formula is C15H19N7O. The third-order valence-electron chi connectivity index (χ3n) is 3.84. The lowest BCUT2D eigenvalue weighted by Gasteiger charge is -2.22. The van der Waals surface area contributed by atoms with Crippen molar-refractivity contribution in [1.29, 1.82) is 0 Å². The van der Waals surface area contributed by atoms with Crippen molar-refractivity contribution in [3.8, 4) is 0 Å². The zero-order valence-electron chi connectivity index (χ0n) is 13.2. The third-order valence-corrected chi connectivity index (χ3v) is 3.84. The SMILES string of the molecule is CNc1cc(Nc2nccc([C@@H]3CCCN3C(C)=O)n2)ncn1. The molecular weight excluding hydrogens is 294 g/mol. The molecule has 1 aliphatic heterocycles. The Kier molecular flexibility index (Phi) is 4.31. The van der Waals surface area contributed by atoms with Gasteiger partial charge in [-0.15, -0.1) is 0 Å². The summed E-state index contributed by atoms with van der Waals surface area (Å²) in [5.41, 5.74) is 0.845. The second kappa shape index (κ2) is 6.55. The number of anilines is 3. The van der Waals surface area contributed by atoms with Crippen LogP contribution in [0.1, 0.15) is 31.5 Å². The van der Waals surface area contributed by atoms with Gasteiger partial charge in [0.05, 0.1) is 11.7 Å². The van der Waals surface area contributed by atoms with Crippen molar-refractivity contribution in [3.63, 3.8) is 0 Å². The molecule has 2 aromatic rings. The number of amides is 1. The van der Waals surface area contributed by atoms with E-state index in [1.807, 2.05) is 11.0 Å². The molecule has 1 fully saturated rings. The van der Waals surface area contributed by atoms with Crippen molar-refractivity contribution in [2.75, 3.05) is 24.2 Å². The topological polar surface area (TPSA) is 95.9 Å². The van der Waals surface area contributed by atoms with Crippen LogP contribution in [0.2, 0.25) is 0 Å². The highest BCUT2D eigenvalue weighted by atomic mass is 16.2. The number of nitrogens with one attached hydrogen (secondary N) is 2. The molecule has 0 aliphatic carbocycles. The van der Waals surface area contributed by atoms with E-state index in [0.717, 1.165) is 25.1 Å². The molecule has 23 heavy (non-hydrogen) atoms. The lowest BCUT2D eigenvalue weighted by molar-refractivity contribution is -0.129. The first-order valence-corrected chi connectivity index (χ1v) is 7.54. The van der Waals surface area contributed by atoms with Gasteiger partial charge in [-0.3, -0.25) is 4.79 Å². The van der Waals surface area contributed by atoms with E-state index < -0.39 is 0 Å². The molecule has 1 amide bonds. The van der Waals surface area contributed by atoms with Crippen molar-refractivity contribution in [1.82, 2.24) is 24.8 Å². The Morgan fingerprint density at radius 3 is 2.91 bits per heavy atom. The van der Waals surface area contributed by atoms with Gasteiger partial charge in [-0.05, 0) is 18.9 Å².